The number of nitrogens with one attached hydrogen (secondary N) is 1. The fraction of sp³-hybridized carbons (Fsp3) is 0.105. The van der Waals surface area contributed by atoms with Crippen LogP contribution in [0.3, 0.4) is 0 Å². The minimum Gasteiger partial charge on any atom is -0.497 e. The number of hydrazone groups is 1. The molecule has 1 aliphatic heterocycles. The topological polar surface area (TPSA) is 88.8 Å². The number of hydrogen-bond acceptors (Lipinski definition) is 8. The summed E-state index contributed by atoms with van der Waals surface area (Å²) in [4.78, 5) is 4.53. The van der Waals surface area contributed by atoms with Gasteiger partial charge in [-0.25, -0.2) is 4.98 Å². The first-order valence-corrected chi connectivity index (χ1v) is 8.88. The first-order chi connectivity index (χ1) is 13.3. The van der Waals surface area contributed by atoms with Gasteiger partial charge in [0.25, 0.3) is 0 Å². The second kappa shape index (κ2) is 7.35. The number of methoxy groups -OCH3 is 1. The summed E-state index contributed by atoms with van der Waals surface area (Å²) < 4.78 is 15.8. The number of fused-ring (bicyclic) bond motifs is 1. The quantitative estimate of drug-likeness (QED) is 0.535. The minimum atomic E-state index is 0.211. The van der Waals surface area contributed by atoms with E-state index in [0.29, 0.717) is 10.8 Å². The van der Waals surface area contributed by atoms with Crippen molar-refractivity contribution in [2.45, 2.75) is 0 Å². The number of hydrogen-bond donors (Lipinski definition) is 1. The van der Waals surface area contributed by atoms with Crippen LogP contribution in [0.15, 0.2) is 52.9 Å². The van der Waals surface area contributed by atoms with Crippen LogP contribution in [0.2, 0.25) is 0 Å². The summed E-state index contributed by atoms with van der Waals surface area (Å²) in [5.74, 6) is 2.16. The molecule has 3 aromatic rings. The SMILES string of the molecule is COc1ccc(NN=C(C#N)c2nc(-c3ccc4c(c3)OCO4)cs2)cc1. The Morgan fingerprint density at radius 3 is 2.81 bits per heavy atom. The Bertz CT molecular complexity index is 1040. The maximum absolute atomic E-state index is 9.44. The fourth-order valence-corrected chi connectivity index (χ4v) is 3.24. The minimum absolute atomic E-state index is 0.211. The van der Waals surface area contributed by atoms with Crippen molar-refractivity contribution in [2.24, 2.45) is 5.10 Å². The number of ether oxygens (including phenoxy) is 3. The zero-order valence-corrected chi connectivity index (χ0v) is 15.1. The molecule has 2 heterocycles. The van der Waals surface area contributed by atoms with E-state index >= 15 is 0 Å². The molecule has 0 fully saturated rings. The van der Waals surface area contributed by atoms with Gasteiger partial charge in [-0.15, -0.1) is 11.3 Å². The van der Waals surface area contributed by atoms with E-state index in [4.69, 9.17) is 14.2 Å². The van der Waals surface area contributed by atoms with Crippen LogP contribution in [0.4, 0.5) is 5.69 Å². The van der Waals surface area contributed by atoms with Crippen molar-refractivity contribution in [3.8, 4) is 34.6 Å². The van der Waals surface area contributed by atoms with Gasteiger partial charge in [0.2, 0.25) is 6.79 Å². The molecule has 0 bridgehead atoms. The maximum Gasteiger partial charge on any atom is 0.231 e. The Kier molecular flexibility index (Phi) is 4.60. The normalized spacial score (nSPS) is 12.5. The summed E-state index contributed by atoms with van der Waals surface area (Å²) in [7, 11) is 1.61. The van der Waals surface area contributed by atoms with E-state index < -0.39 is 0 Å². The number of anilines is 1. The molecule has 8 heteroatoms. The van der Waals surface area contributed by atoms with Crippen LogP contribution in [0, 0.1) is 11.3 Å². The third-order valence-electron chi connectivity index (χ3n) is 3.87. The number of nitriles is 1. The van der Waals surface area contributed by atoms with Gasteiger partial charge in [-0.3, -0.25) is 5.43 Å². The van der Waals surface area contributed by atoms with Crippen molar-refractivity contribution < 1.29 is 14.2 Å². The van der Waals surface area contributed by atoms with Crippen LogP contribution >= 0.6 is 11.3 Å². The molecule has 4 rings (SSSR count). The number of aromatic nitrogens is 1. The second-order valence-corrected chi connectivity index (χ2v) is 6.38. The largest absolute Gasteiger partial charge is 0.497 e. The van der Waals surface area contributed by atoms with Crippen LogP contribution < -0.4 is 19.6 Å². The van der Waals surface area contributed by atoms with Gasteiger partial charge in [0.15, 0.2) is 22.2 Å². The molecule has 0 amide bonds. The van der Waals surface area contributed by atoms with Gasteiger partial charge < -0.3 is 14.2 Å². The summed E-state index contributed by atoms with van der Waals surface area (Å²) in [6.07, 6.45) is 0. The molecule has 1 aromatic heterocycles. The number of benzene rings is 2. The third-order valence-corrected chi connectivity index (χ3v) is 4.72. The molecule has 0 aliphatic carbocycles. The van der Waals surface area contributed by atoms with Crippen molar-refractivity contribution in [3.05, 3.63) is 52.9 Å². The van der Waals surface area contributed by atoms with Gasteiger partial charge in [-0.2, -0.15) is 10.4 Å². The van der Waals surface area contributed by atoms with Crippen molar-refractivity contribution in [1.29, 1.82) is 5.26 Å². The van der Waals surface area contributed by atoms with Gasteiger partial charge in [0.05, 0.1) is 18.5 Å². The summed E-state index contributed by atoms with van der Waals surface area (Å²) >= 11 is 1.36. The Morgan fingerprint density at radius 2 is 2.04 bits per heavy atom. The standard InChI is InChI=1S/C19H14N4O3S/c1-24-14-5-3-13(4-6-14)22-23-15(9-20)19-21-16(10-27-19)12-2-7-17-18(8-12)26-11-25-17/h2-8,10,22H,11H2,1H3. The van der Waals surface area contributed by atoms with Gasteiger partial charge in [-0.05, 0) is 42.5 Å². The lowest BCUT2D eigenvalue weighted by atomic mass is 10.1. The molecule has 1 aliphatic rings. The zero-order valence-electron chi connectivity index (χ0n) is 14.3. The van der Waals surface area contributed by atoms with Gasteiger partial charge in [0.1, 0.15) is 11.8 Å². The molecule has 1 N–H and O–H groups in total. The Labute approximate surface area is 159 Å². The molecule has 0 saturated carbocycles. The fourth-order valence-electron chi connectivity index (χ4n) is 2.48. The van der Waals surface area contributed by atoms with Crippen molar-refractivity contribution >= 4 is 22.7 Å². The maximum atomic E-state index is 9.44. The average Bonchev–Trinajstić information content (AvgIpc) is 3.38. The third kappa shape index (κ3) is 3.54. The molecule has 0 saturated heterocycles. The highest BCUT2D eigenvalue weighted by molar-refractivity contribution is 7.12. The van der Waals surface area contributed by atoms with Crippen LogP contribution in [-0.4, -0.2) is 24.6 Å². The first kappa shape index (κ1) is 16.9. The lowest BCUT2D eigenvalue weighted by Gasteiger charge is -2.02. The molecule has 0 atom stereocenters. The predicted octanol–water partition coefficient (Wildman–Crippen LogP) is 3.89. The van der Waals surface area contributed by atoms with E-state index in [1.54, 1.807) is 7.11 Å². The van der Waals surface area contributed by atoms with Crippen LogP contribution in [-0.2, 0) is 0 Å². The van der Waals surface area contributed by atoms with E-state index in [-0.39, 0.29) is 12.5 Å². The Morgan fingerprint density at radius 1 is 1.22 bits per heavy atom. The van der Waals surface area contributed by atoms with Gasteiger partial charge in [0, 0.05) is 10.9 Å². The summed E-state index contributed by atoms with van der Waals surface area (Å²) in [5.41, 5.74) is 5.47. The number of rotatable bonds is 5. The van der Waals surface area contributed by atoms with E-state index in [2.05, 4.69) is 21.6 Å². The lowest BCUT2D eigenvalue weighted by molar-refractivity contribution is 0.174. The molecule has 2 aromatic carbocycles. The van der Waals surface area contributed by atoms with Crippen LogP contribution in [0.1, 0.15) is 5.01 Å². The Balaban J connectivity index is 1.54. The monoisotopic (exact) mass is 378 g/mol. The van der Waals surface area contributed by atoms with E-state index in [9.17, 15) is 5.26 Å². The zero-order chi connectivity index (χ0) is 18.6. The molecule has 134 valence electrons. The second-order valence-electron chi connectivity index (χ2n) is 5.52. The summed E-state index contributed by atoms with van der Waals surface area (Å²) in [5, 5.41) is 16.0. The highest BCUT2D eigenvalue weighted by Gasteiger charge is 2.16. The average molecular weight is 378 g/mol. The van der Waals surface area contributed by atoms with Crippen LogP contribution in [0.25, 0.3) is 11.3 Å². The lowest BCUT2D eigenvalue weighted by Crippen LogP contribution is -2.01. The van der Waals surface area contributed by atoms with E-state index in [0.717, 1.165) is 28.4 Å². The summed E-state index contributed by atoms with van der Waals surface area (Å²) in [6, 6.07) is 15.0. The number of thiazole rings is 1. The molecule has 0 spiro atoms. The molecule has 0 radical (unpaired) electrons. The van der Waals surface area contributed by atoms with E-state index in [1.807, 2.05) is 47.8 Å². The van der Waals surface area contributed by atoms with Crippen molar-refractivity contribution in [3.63, 3.8) is 0 Å². The number of nitrogens with zero attached hydrogens (tertiary/aromatic N) is 3. The molecule has 0 unspecified atom stereocenters. The molecular formula is C19H14N4O3S. The van der Waals surface area contributed by atoms with Crippen LogP contribution in [0.5, 0.6) is 17.2 Å². The first-order valence-electron chi connectivity index (χ1n) is 8.00. The van der Waals surface area contributed by atoms with Gasteiger partial charge in [-0.1, -0.05) is 0 Å². The predicted molar refractivity (Wildman–Crippen MR) is 102 cm³/mol. The molecule has 27 heavy (non-hydrogen) atoms. The Hall–Kier alpha value is -3.57. The summed E-state index contributed by atoms with van der Waals surface area (Å²) in [6.45, 7) is 0.226. The van der Waals surface area contributed by atoms with E-state index in [1.165, 1.54) is 11.3 Å². The highest BCUT2D eigenvalue weighted by atomic mass is 32.1. The molecule has 7 nitrogen and oxygen atoms in total. The highest BCUT2D eigenvalue weighted by Crippen LogP contribution is 2.36. The molecular weight excluding hydrogens is 364 g/mol. The van der Waals surface area contributed by atoms with Gasteiger partial charge >= 0.3 is 0 Å². The van der Waals surface area contributed by atoms with Crippen molar-refractivity contribution in [2.75, 3.05) is 19.3 Å². The van der Waals surface area contributed by atoms with Crippen molar-refractivity contribution in [1.82, 2.24) is 4.98 Å². The smallest absolute Gasteiger partial charge is 0.231 e.